The summed E-state index contributed by atoms with van der Waals surface area (Å²) < 4.78 is 1.95. The van der Waals surface area contributed by atoms with Crippen LogP contribution >= 0.6 is 0 Å². The Hall–Kier alpha value is -1.75. The van der Waals surface area contributed by atoms with Crippen molar-refractivity contribution in [1.29, 1.82) is 0 Å². The van der Waals surface area contributed by atoms with Gasteiger partial charge >= 0.3 is 0 Å². The normalized spacial score (nSPS) is 18.6. The van der Waals surface area contributed by atoms with Crippen molar-refractivity contribution in [3.05, 3.63) is 30.5 Å². The zero-order valence-electron chi connectivity index (χ0n) is 11.9. The molecule has 0 aliphatic carbocycles. The third-order valence-corrected chi connectivity index (χ3v) is 3.75. The molecule has 1 aliphatic rings. The smallest absolute Gasteiger partial charge is 0.0916 e. The molecular formula is C15H21N5. The highest BCUT2D eigenvalue weighted by molar-refractivity contribution is 5.55. The number of aromatic nitrogens is 4. The fourth-order valence-corrected chi connectivity index (χ4v) is 2.64. The monoisotopic (exact) mass is 271 g/mol. The number of rotatable bonds is 5. The van der Waals surface area contributed by atoms with Gasteiger partial charge in [-0.15, -0.1) is 0 Å². The first-order chi connectivity index (χ1) is 9.85. The zero-order chi connectivity index (χ0) is 13.8. The number of nitrogens with zero attached hydrogens (tertiary/aromatic N) is 4. The van der Waals surface area contributed by atoms with Crippen LogP contribution in [0.25, 0.3) is 11.3 Å². The van der Waals surface area contributed by atoms with E-state index in [2.05, 4.69) is 27.3 Å². The lowest BCUT2D eigenvalue weighted by Crippen LogP contribution is -2.11. The van der Waals surface area contributed by atoms with E-state index in [1.807, 2.05) is 29.5 Å². The third kappa shape index (κ3) is 3.04. The molecule has 2 aromatic rings. The van der Waals surface area contributed by atoms with Crippen molar-refractivity contribution in [2.45, 2.75) is 32.7 Å². The minimum absolute atomic E-state index is 0.711. The summed E-state index contributed by atoms with van der Waals surface area (Å²) in [4.78, 5) is 9.07. The molecule has 1 atom stereocenters. The van der Waals surface area contributed by atoms with Gasteiger partial charge < -0.3 is 5.32 Å². The van der Waals surface area contributed by atoms with Crippen LogP contribution in [-0.4, -0.2) is 32.8 Å². The lowest BCUT2D eigenvalue weighted by molar-refractivity contribution is 0.570. The van der Waals surface area contributed by atoms with Crippen LogP contribution in [0, 0.1) is 5.92 Å². The summed E-state index contributed by atoms with van der Waals surface area (Å²) in [5.74, 6) is 0.711. The second-order valence-electron chi connectivity index (χ2n) is 5.45. The molecule has 0 spiro atoms. The molecule has 1 N–H and O–H groups in total. The molecule has 0 aromatic carbocycles. The highest BCUT2D eigenvalue weighted by atomic mass is 15.3. The summed E-state index contributed by atoms with van der Waals surface area (Å²) in [6.45, 7) is 5.33. The molecule has 1 saturated heterocycles. The summed E-state index contributed by atoms with van der Waals surface area (Å²) in [6, 6.07) is 0. The second kappa shape index (κ2) is 6.13. The second-order valence-corrected chi connectivity index (χ2v) is 5.45. The summed E-state index contributed by atoms with van der Waals surface area (Å²) in [5, 5.41) is 7.71. The maximum Gasteiger partial charge on any atom is 0.0916 e. The van der Waals surface area contributed by atoms with Crippen molar-refractivity contribution in [3.63, 3.8) is 0 Å². The maximum atomic E-state index is 4.55. The predicted octanol–water partition coefficient (Wildman–Crippen LogP) is 1.90. The van der Waals surface area contributed by atoms with Gasteiger partial charge in [0.2, 0.25) is 0 Å². The van der Waals surface area contributed by atoms with Crippen LogP contribution in [-0.2, 0) is 13.0 Å². The first kappa shape index (κ1) is 13.2. The van der Waals surface area contributed by atoms with E-state index in [0.717, 1.165) is 49.4 Å². The van der Waals surface area contributed by atoms with E-state index >= 15 is 0 Å². The van der Waals surface area contributed by atoms with Crippen LogP contribution in [0.1, 0.15) is 25.5 Å². The van der Waals surface area contributed by atoms with Gasteiger partial charge in [-0.25, -0.2) is 0 Å². The van der Waals surface area contributed by atoms with Gasteiger partial charge in [0.05, 0.1) is 23.8 Å². The molecule has 0 amide bonds. The van der Waals surface area contributed by atoms with Crippen molar-refractivity contribution in [3.8, 4) is 11.3 Å². The Bertz CT molecular complexity index is 540. The van der Waals surface area contributed by atoms with E-state index in [4.69, 9.17) is 0 Å². The van der Waals surface area contributed by atoms with Gasteiger partial charge in [0.25, 0.3) is 0 Å². The van der Waals surface area contributed by atoms with E-state index in [1.165, 1.54) is 6.42 Å². The average molecular weight is 271 g/mol. The molecule has 106 valence electrons. The van der Waals surface area contributed by atoms with Gasteiger partial charge in [-0.1, -0.05) is 6.92 Å². The minimum atomic E-state index is 0.711. The number of aryl methyl sites for hydroxylation is 1. The Labute approximate surface area is 119 Å². The van der Waals surface area contributed by atoms with E-state index < -0.39 is 0 Å². The quantitative estimate of drug-likeness (QED) is 0.902. The lowest BCUT2D eigenvalue weighted by atomic mass is 10.0. The van der Waals surface area contributed by atoms with Crippen LogP contribution in [0.3, 0.4) is 0 Å². The van der Waals surface area contributed by atoms with Crippen LogP contribution < -0.4 is 5.32 Å². The molecule has 3 heterocycles. The van der Waals surface area contributed by atoms with Crippen molar-refractivity contribution in [1.82, 2.24) is 25.1 Å². The van der Waals surface area contributed by atoms with Crippen molar-refractivity contribution < 1.29 is 0 Å². The molecule has 0 unspecified atom stereocenters. The number of hydrogen-bond donors (Lipinski definition) is 1. The number of hydrogen-bond acceptors (Lipinski definition) is 4. The number of nitrogens with one attached hydrogen (secondary N) is 1. The topological polar surface area (TPSA) is 55.6 Å². The van der Waals surface area contributed by atoms with Gasteiger partial charge in [-0.05, 0) is 38.3 Å². The molecule has 0 saturated carbocycles. The van der Waals surface area contributed by atoms with Crippen LogP contribution in [0.2, 0.25) is 0 Å². The van der Waals surface area contributed by atoms with Crippen molar-refractivity contribution >= 4 is 0 Å². The van der Waals surface area contributed by atoms with Gasteiger partial charge in [0.15, 0.2) is 0 Å². The fraction of sp³-hybridized carbons (Fsp3) is 0.533. The molecule has 2 aromatic heterocycles. The first-order valence-electron chi connectivity index (χ1n) is 7.39. The lowest BCUT2D eigenvalue weighted by Gasteiger charge is -2.07. The van der Waals surface area contributed by atoms with Gasteiger partial charge in [-0.2, -0.15) is 5.10 Å². The Morgan fingerprint density at radius 1 is 1.30 bits per heavy atom. The Morgan fingerprint density at radius 2 is 2.25 bits per heavy atom. The SMILES string of the molecule is CCCn1cc(-c2cnc(C[C@H]3CCNC3)cn2)cn1. The largest absolute Gasteiger partial charge is 0.316 e. The molecule has 0 bridgehead atoms. The third-order valence-electron chi connectivity index (χ3n) is 3.75. The summed E-state index contributed by atoms with van der Waals surface area (Å²) in [6.07, 6.45) is 11.0. The van der Waals surface area contributed by atoms with Gasteiger partial charge in [-0.3, -0.25) is 14.6 Å². The fourth-order valence-electron chi connectivity index (χ4n) is 2.64. The maximum absolute atomic E-state index is 4.55. The highest BCUT2D eigenvalue weighted by Gasteiger charge is 2.15. The summed E-state index contributed by atoms with van der Waals surface area (Å²) in [5.41, 5.74) is 3.03. The van der Waals surface area contributed by atoms with Crippen LogP contribution in [0.4, 0.5) is 0 Å². The Morgan fingerprint density at radius 3 is 2.95 bits per heavy atom. The molecule has 1 fully saturated rings. The van der Waals surface area contributed by atoms with E-state index in [0.29, 0.717) is 5.92 Å². The van der Waals surface area contributed by atoms with Gasteiger partial charge in [0.1, 0.15) is 0 Å². The Balaban J connectivity index is 1.68. The molecule has 0 radical (unpaired) electrons. The van der Waals surface area contributed by atoms with Gasteiger partial charge in [0, 0.05) is 24.5 Å². The molecule has 3 rings (SSSR count). The average Bonchev–Trinajstić information content (AvgIpc) is 3.12. The molecule has 5 heteroatoms. The first-order valence-corrected chi connectivity index (χ1v) is 7.39. The van der Waals surface area contributed by atoms with E-state index in [-0.39, 0.29) is 0 Å². The Kier molecular flexibility index (Phi) is 4.06. The minimum Gasteiger partial charge on any atom is -0.316 e. The standard InChI is InChI=1S/C15H21N5/c1-2-5-20-11-13(8-19-20)15-10-17-14(9-18-15)6-12-3-4-16-7-12/h8-12,16H,2-7H2,1H3/t12-/m1/s1. The van der Waals surface area contributed by atoms with Crippen molar-refractivity contribution in [2.75, 3.05) is 13.1 Å². The van der Waals surface area contributed by atoms with Crippen LogP contribution in [0.15, 0.2) is 24.8 Å². The van der Waals surface area contributed by atoms with E-state index in [9.17, 15) is 0 Å². The van der Waals surface area contributed by atoms with Crippen LogP contribution in [0.5, 0.6) is 0 Å². The van der Waals surface area contributed by atoms with E-state index in [1.54, 1.807) is 0 Å². The molecule has 20 heavy (non-hydrogen) atoms. The molecular weight excluding hydrogens is 250 g/mol. The zero-order valence-corrected chi connectivity index (χ0v) is 11.9. The predicted molar refractivity (Wildman–Crippen MR) is 78.2 cm³/mol. The summed E-state index contributed by atoms with van der Waals surface area (Å²) in [7, 11) is 0. The highest BCUT2D eigenvalue weighted by Crippen LogP contribution is 2.17. The molecule has 5 nitrogen and oxygen atoms in total. The molecule has 1 aliphatic heterocycles. The van der Waals surface area contributed by atoms with Crippen molar-refractivity contribution in [2.24, 2.45) is 5.92 Å². The summed E-state index contributed by atoms with van der Waals surface area (Å²) >= 11 is 0.